The third-order valence-electron chi connectivity index (χ3n) is 5.71. The summed E-state index contributed by atoms with van der Waals surface area (Å²) in [6, 6.07) is 8.10. The summed E-state index contributed by atoms with van der Waals surface area (Å²) in [7, 11) is 3.31. The van der Waals surface area contributed by atoms with Gasteiger partial charge in [-0.1, -0.05) is 6.92 Å². The van der Waals surface area contributed by atoms with Crippen molar-refractivity contribution >= 4 is 16.8 Å². The van der Waals surface area contributed by atoms with E-state index in [1.807, 2.05) is 14.0 Å². The van der Waals surface area contributed by atoms with Gasteiger partial charge < -0.3 is 30.0 Å². The van der Waals surface area contributed by atoms with Gasteiger partial charge in [0.05, 0.1) is 24.9 Å². The molecule has 0 saturated carbocycles. The van der Waals surface area contributed by atoms with Gasteiger partial charge in [-0.15, -0.1) is 0 Å². The number of hydrogen-bond acceptors (Lipinski definition) is 8. The number of aromatic nitrogens is 2. The summed E-state index contributed by atoms with van der Waals surface area (Å²) < 4.78 is 53.2. The lowest BCUT2D eigenvalue weighted by molar-refractivity contribution is 0.0996. The number of likely N-dealkylation sites (N-methyl/N-ethyl adjacent to an activating group) is 1. The number of nitrogens with two attached hydrogens (primary N) is 1. The predicted octanol–water partition coefficient (Wildman–Crippen LogP) is 4.86. The topological polar surface area (TPSA) is 118 Å². The molecule has 0 spiro atoms. The molecule has 2 heterocycles. The van der Waals surface area contributed by atoms with Crippen LogP contribution < -0.4 is 30.0 Å². The van der Waals surface area contributed by atoms with Gasteiger partial charge in [0.25, 0.3) is 5.91 Å². The van der Waals surface area contributed by atoms with E-state index < -0.39 is 17.5 Å². The van der Waals surface area contributed by atoms with Crippen molar-refractivity contribution in [1.29, 1.82) is 0 Å². The minimum Gasteiger partial charge on any atom is -0.493 e. The van der Waals surface area contributed by atoms with Gasteiger partial charge in [-0.25, -0.2) is 8.78 Å². The maximum absolute atomic E-state index is 15.3. The van der Waals surface area contributed by atoms with Crippen molar-refractivity contribution in [3.63, 3.8) is 0 Å². The number of primary amides is 1. The molecule has 0 saturated heterocycles. The van der Waals surface area contributed by atoms with Crippen molar-refractivity contribution in [2.75, 3.05) is 33.9 Å². The van der Waals surface area contributed by atoms with Crippen LogP contribution in [0.5, 0.6) is 28.7 Å². The molecule has 204 valence electrons. The normalized spacial score (nSPS) is 10.9. The lowest BCUT2D eigenvalue weighted by atomic mass is 10.0. The number of pyridine rings is 2. The minimum absolute atomic E-state index is 0.135. The molecule has 1 amide bonds. The zero-order chi connectivity index (χ0) is 27.9. The van der Waals surface area contributed by atoms with E-state index in [2.05, 4.69) is 15.3 Å². The summed E-state index contributed by atoms with van der Waals surface area (Å²) in [4.78, 5) is 20.6. The molecule has 0 aliphatic heterocycles. The Balaban J connectivity index is 1.72. The van der Waals surface area contributed by atoms with Gasteiger partial charge in [-0.3, -0.25) is 14.8 Å². The molecule has 0 unspecified atom stereocenters. The molecule has 4 rings (SSSR count). The first-order valence-electron chi connectivity index (χ1n) is 12.2. The number of carbonyl (C=O) groups excluding carboxylic acids is 1. The number of halogens is 2. The Hall–Kier alpha value is -4.51. The minimum atomic E-state index is -0.882. The van der Waals surface area contributed by atoms with Crippen molar-refractivity contribution in [2.45, 2.75) is 13.3 Å². The standard InChI is InChI=1S/C28H28F2N4O5/c1-4-10-37-22-6-8-34-27(26(22)28(31)35)16-12-19(30)23(14-18(16)29)39-21-5-7-33-20-15-25(38-11-9-32-2)24(36-3)13-17(20)21/h5-8,12-15,32H,4,9-11H2,1-3H3,(H2,31,35). The van der Waals surface area contributed by atoms with Gasteiger partial charge in [0.2, 0.25) is 0 Å². The average molecular weight is 539 g/mol. The maximum atomic E-state index is 15.3. The molecule has 4 aromatic rings. The summed E-state index contributed by atoms with van der Waals surface area (Å²) in [5, 5.41) is 3.49. The molecule has 11 heteroatoms. The van der Waals surface area contributed by atoms with Crippen molar-refractivity contribution in [3.8, 4) is 40.0 Å². The predicted molar refractivity (Wildman–Crippen MR) is 142 cm³/mol. The Kier molecular flexibility index (Phi) is 8.72. The van der Waals surface area contributed by atoms with E-state index in [-0.39, 0.29) is 34.1 Å². The summed E-state index contributed by atoms with van der Waals surface area (Å²) in [5.41, 5.74) is 5.50. The Labute approximate surface area is 223 Å². The quantitative estimate of drug-likeness (QED) is 0.246. The van der Waals surface area contributed by atoms with Gasteiger partial charge in [-0.2, -0.15) is 0 Å². The van der Waals surface area contributed by atoms with Crippen LogP contribution in [0.4, 0.5) is 8.78 Å². The first-order valence-corrected chi connectivity index (χ1v) is 12.2. The molecular formula is C28H28F2N4O5. The molecule has 9 nitrogen and oxygen atoms in total. The van der Waals surface area contributed by atoms with Crippen LogP contribution in [0, 0.1) is 11.6 Å². The summed E-state index contributed by atoms with van der Waals surface area (Å²) >= 11 is 0. The Morgan fingerprint density at radius 1 is 0.923 bits per heavy atom. The molecule has 0 atom stereocenters. The van der Waals surface area contributed by atoms with E-state index in [9.17, 15) is 4.79 Å². The molecule has 0 bridgehead atoms. The SMILES string of the molecule is CCCOc1ccnc(-c2cc(F)c(Oc3ccnc4cc(OCCNC)c(OC)cc34)cc2F)c1C(N)=O. The zero-order valence-corrected chi connectivity index (χ0v) is 21.7. The second-order valence-electron chi connectivity index (χ2n) is 8.39. The third kappa shape index (κ3) is 5.99. The van der Waals surface area contributed by atoms with E-state index in [1.165, 1.54) is 31.6 Å². The summed E-state index contributed by atoms with van der Waals surface area (Å²) in [6.45, 7) is 3.23. The zero-order valence-electron chi connectivity index (χ0n) is 21.7. The number of hydrogen-bond donors (Lipinski definition) is 2. The number of rotatable bonds is 12. The van der Waals surface area contributed by atoms with E-state index in [0.29, 0.717) is 48.6 Å². The number of nitrogens with one attached hydrogen (secondary N) is 1. The van der Waals surface area contributed by atoms with E-state index in [0.717, 1.165) is 12.1 Å². The molecule has 2 aromatic heterocycles. The third-order valence-corrected chi connectivity index (χ3v) is 5.71. The van der Waals surface area contributed by atoms with Crippen LogP contribution in [0.15, 0.2) is 48.8 Å². The van der Waals surface area contributed by atoms with Crippen LogP contribution >= 0.6 is 0 Å². The first-order chi connectivity index (χ1) is 18.9. The largest absolute Gasteiger partial charge is 0.493 e. The van der Waals surface area contributed by atoms with Gasteiger partial charge in [0, 0.05) is 42.0 Å². The summed E-state index contributed by atoms with van der Waals surface area (Å²) in [5.74, 6) is -1.74. The number of amides is 1. The van der Waals surface area contributed by atoms with Crippen molar-refractivity contribution in [2.24, 2.45) is 5.73 Å². The Morgan fingerprint density at radius 2 is 1.67 bits per heavy atom. The van der Waals surface area contributed by atoms with Gasteiger partial charge in [0.15, 0.2) is 23.1 Å². The fourth-order valence-corrected chi connectivity index (χ4v) is 3.88. The molecule has 0 aliphatic rings. The molecule has 0 aliphatic carbocycles. The smallest absolute Gasteiger partial charge is 0.254 e. The number of fused-ring (bicyclic) bond motifs is 1. The second kappa shape index (κ2) is 12.4. The van der Waals surface area contributed by atoms with Gasteiger partial charge in [-0.05, 0) is 37.7 Å². The highest BCUT2D eigenvalue weighted by Gasteiger charge is 2.23. The van der Waals surface area contributed by atoms with Crippen LogP contribution in [0.25, 0.3) is 22.2 Å². The van der Waals surface area contributed by atoms with Crippen LogP contribution in [-0.4, -0.2) is 49.8 Å². The second-order valence-corrected chi connectivity index (χ2v) is 8.39. The molecule has 39 heavy (non-hydrogen) atoms. The Morgan fingerprint density at radius 3 is 2.38 bits per heavy atom. The molecular weight excluding hydrogens is 510 g/mol. The van der Waals surface area contributed by atoms with E-state index in [1.54, 1.807) is 12.1 Å². The van der Waals surface area contributed by atoms with Crippen molar-refractivity contribution in [1.82, 2.24) is 15.3 Å². The number of ether oxygens (including phenoxy) is 4. The highest BCUT2D eigenvalue weighted by molar-refractivity contribution is 6.01. The molecule has 2 aromatic carbocycles. The first kappa shape index (κ1) is 27.5. The fraction of sp³-hybridized carbons (Fsp3) is 0.250. The fourth-order valence-electron chi connectivity index (χ4n) is 3.88. The number of nitrogens with zero attached hydrogens (tertiary/aromatic N) is 2. The van der Waals surface area contributed by atoms with Crippen molar-refractivity contribution < 1.29 is 32.5 Å². The van der Waals surface area contributed by atoms with Crippen LogP contribution in [-0.2, 0) is 0 Å². The van der Waals surface area contributed by atoms with Crippen molar-refractivity contribution in [3.05, 3.63) is 66.0 Å². The molecule has 3 N–H and O–H groups in total. The number of methoxy groups -OCH3 is 1. The van der Waals surface area contributed by atoms with Gasteiger partial charge >= 0.3 is 0 Å². The van der Waals surface area contributed by atoms with Crippen LogP contribution in [0.3, 0.4) is 0 Å². The van der Waals surface area contributed by atoms with E-state index >= 15 is 8.78 Å². The highest BCUT2D eigenvalue weighted by atomic mass is 19.1. The van der Waals surface area contributed by atoms with Crippen LogP contribution in [0.2, 0.25) is 0 Å². The number of carbonyl (C=O) groups is 1. The summed E-state index contributed by atoms with van der Waals surface area (Å²) in [6.07, 6.45) is 3.49. The average Bonchev–Trinajstić information content (AvgIpc) is 2.93. The maximum Gasteiger partial charge on any atom is 0.254 e. The van der Waals surface area contributed by atoms with E-state index in [4.69, 9.17) is 24.7 Å². The lowest BCUT2D eigenvalue weighted by Crippen LogP contribution is -2.16. The monoisotopic (exact) mass is 538 g/mol. The van der Waals surface area contributed by atoms with Gasteiger partial charge in [0.1, 0.15) is 29.5 Å². The molecule has 0 radical (unpaired) electrons. The molecule has 0 fully saturated rings. The number of benzene rings is 2. The van der Waals surface area contributed by atoms with Crippen LogP contribution in [0.1, 0.15) is 23.7 Å². The highest BCUT2D eigenvalue weighted by Crippen LogP contribution is 2.39. The Bertz CT molecular complexity index is 1500. The lowest BCUT2D eigenvalue weighted by Gasteiger charge is -2.15.